The molecule has 0 aliphatic carbocycles. The minimum Gasteiger partial charge on any atom is -0.192 e. The number of hydrogen-bond donors (Lipinski definition) is 0. The Morgan fingerprint density at radius 2 is 1.62 bits per heavy atom. The van der Waals surface area contributed by atoms with E-state index in [2.05, 4.69) is 6.07 Å². The molecule has 78 valence electrons. The molecule has 0 unspecified atom stereocenters. The standard InChI is InChI=1S/C13H7Cl2N/c14-12-3-1-2-11(13(12)15)10-6-4-9(8-16)5-7-10/h1-7H. The van der Waals surface area contributed by atoms with E-state index in [1.54, 1.807) is 18.2 Å². The van der Waals surface area contributed by atoms with Crippen molar-refractivity contribution >= 4 is 23.2 Å². The second-order valence-electron chi connectivity index (χ2n) is 3.29. The maximum Gasteiger partial charge on any atom is 0.0991 e. The molecular formula is C13H7Cl2N. The van der Waals surface area contributed by atoms with Gasteiger partial charge in [-0.15, -0.1) is 0 Å². The number of benzene rings is 2. The van der Waals surface area contributed by atoms with Crippen LogP contribution in [0.15, 0.2) is 42.5 Å². The summed E-state index contributed by atoms with van der Waals surface area (Å²) in [7, 11) is 0. The van der Waals surface area contributed by atoms with Crippen LogP contribution >= 0.6 is 23.2 Å². The molecular weight excluding hydrogens is 241 g/mol. The van der Waals surface area contributed by atoms with Gasteiger partial charge in [0.1, 0.15) is 0 Å². The molecule has 0 saturated carbocycles. The smallest absolute Gasteiger partial charge is 0.0991 e. The Bertz CT molecular complexity index is 553. The van der Waals surface area contributed by atoms with Crippen LogP contribution in [-0.2, 0) is 0 Å². The van der Waals surface area contributed by atoms with Gasteiger partial charge < -0.3 is 0 Å². The van der Waals surface area contributed by atoms with Crippen molar-refractivity contribution in [1.82, 2.24) is 0 Å². The van der Waals surface area contributed by atoms with E-state index in [4.69, 9.17) is 28.5 Å². The Hall–Kier alpha value is -1.49. The number of nitrogens with zero attached hydrogens (tertiary/aromatic N) is 1. The van der Waals surface area contributed by atoms with E-state index in [0.29, 0.717) is 15.6 Å². The maximum atomic E-state index is 8.70. The molecule has 0 heterocycles. The van der Waals surface area contributed by atoms with Gasteiger partial charge in [0, 0.05) is 5.56 Å². The van der Waals surface area contributed by atoms with E-state index < -0.39 is 0 Å². The topological polar surface area (TPSA) is 23.8 Å². The third-order valence-electron chi connectivity index (χ3n) is 2.28. The van der Waals surface area contributed by atoms with Crippen LogP contribution < -0.4 is 0 Å². The van der Waals surface area contributed by atoms with Crippen molar-refractivity contribution in [3.63, 3.8) is 0 Å². The maximum absolute atomic E-state index is 8.70. The number of halogens is 2. The summed E-state index contributed by atoms with van der Waals surface area (Å²) in [5.41, 5.74) is 2.45. The van der Waals surface area contributed by atoms with Crippen LogP contribution in [-0.4, -0.2) is 0 Å². The van der Waals surface area contributed by atoms with E-state index in [1.165, 1.54) is 0 Å². The van der Waals surface area contributed by atoms with E-state index in [0.717, 1.165) is 11.1 Å². The molecule has 2 aromatic rings. The van der Waals surface area contributed by atoms with E-state index in [9.17, 15) is 0 Å². The summed E-state index contributed by atoms with van der Waals surface area (Å²) in [5, 5.41) is 9.77. The van der Waals surface area contributed by atoms with Gasteiger partial charge in [0.15, 0.2) is 0 Å². The molecule has 0 N–H and O–H groups in total. The first-order chi connectivity index (χ1) is 7.72. The summed E-state index contributed by atoms with van der Waals surface area (Å²) in [6.07, 6.45) is 0. The highest BCUT2D eigenvalue weighted by atomic mass is 35.5. The van der Waals surface area contributed by atoms with Gasteiger partial charge in [0.05, 0.1) is 21.7 Å². The van der Waals surface area contributed by atoms with Crippen LogP contribution in [0.3, 0.4) is 0 Å². The lowest BCUT2D eigenvalue weighted by atomic mass is 10.0. The normalized spacial score (nSPS) is 9.81. The molecule has 3 heteroatoms. The molecule has 0 aliphatic heterocycles. The first-order valence-corrected chi connectivity index (χ1v) is 5.42. The lowest BCUT2D eigenvalue weighted by Gasteiger charge is -2.05. The molecule has 0 radical (unpaired) electrons. The second kappa shape index (κ2) is 4.57. The minimum atomic E-state index is 0.531. The molecule has 0 atom stereocenters. The van der Waals surface area contributed by atoms with E-state index in [1.807, 2.05) is 24.3 Å². The Morgan fingerprint density at radius 3 is 2.25 bits per heavy atom. The number of nitriles is 1. The summed E-state index contributed by atoms with van der Waals surface area (Å²) < 4.78 is 0. The van der Waals surface area contributed by atoms with Crippen LogP contribution in [0.25, 0.3) is 11.1 Å². The Labute approximate surface area is 104 Å². The minimum absolute atomic E-state index is 0.531. The van der Waals surface area contributed by atoms with Gasteiger partial charge in [-0.3, -0.25) is 0 Å². The molecule has 0 aliphatic rings. The van der Waals surface area contributed by atoms with Gasteiger partial charge in [-0.2, -0.15) is 5.26 Å². The Morgan fingerprint density at radius 1 is 0.938 bits per heavy atom. The number of hydrogen-bond acceptors (Lipinski definition) is 1. The fraction of sp³-hybridized carbons (Fsp3) is 0. The second-order valence-corrected chi connectivity index (χ2v) is 4.08. The SMILES string of the molecule is N#Cc1ccc(-c2cccc(Cl)c2Cl)cc1. The highest BCUT2D eigenvalue weighted by molar-refractivity contribution is 6.43. The van der Waals surface area contributed by atoms with Crippen molar-refractivity contribution in [2.75, 3.05) is 0 Å². The quantitative estimate of drug-likeness (QED) is 0.727. The van der Waals surface area contributed by atoms with Gasteiger partial charge >= 0.3 is 0 Å². The lowest BCUT2D eigenvalue weighted by molar-refractivity contribution is 1.48. The summed E-state index contributed by atoms with van der Waals surface area (Å²) in [6, 6.07) is 14.8. The molecule has 0 amide bonds. The van der Waals surface area contributed by atoms with Crippen molar-refractivity contribution in [1.29, 1.82) is 5.26 Å². The molecule has 0 bridgehead atoms. The zero-order valence-electron chi connectivity index (χ0n) is 8.24. The highest BCUT2D eigenvalue weighted by Crippen LogP contribution is 2.33. The molecule has 16 heavy (non-hydrogen) atoms. The van der Waals surface area contributed by atoms with E-state index >= 15 is 0 Å². The third kappa shape index (κ3) is 2.04. The summed E-state index contributed by atoms with van der Waals surface area (Å²) >= 11 is 12.0. The van der Waals surface area contributed by atoms with Crippen LogP contribution in [0.5, 0.6) is 0 Å². The van der Waals surface area contributed by atoms with Crippen LogP contribution in [0.2, 0.25) is 10.0 Å². The fourth-order valence-electron chi connectivity index (χ4n) is 1.45. The Kier molecular flexibility index (Phi) is 3.14. The first-order valence-electron chi connectivity index (χ1n) is 4.67. The van der Waals surface area contributed by atoms with Gasteiger partial charge in [0.25, 0.3) is 0 Å². The average molecular weight is 248 g/mol. The van der Waals surface area contributed by atoms with Crippen LogP contribution in [0.1, 0.15) is 5.56 Å². The zero-order chi connectivity index (χ0) is 11.5. The van der Waals surface area contributed by atoms with E-state index in [-0.39, 0.29) is 0 Å². The van der Waals surface area contributed by atoms with Gasteiger partial charge in [-0.05, 0) is 23.8 Å². The first kappa shape index (κ1) is 11.0. The average Bonchev–Trinajstić information content (AvgIpc) is 2.33. The van der Waals surface area contributed by atoms with Crippen molar-refractivity contribution in [3.05, 3.63) is 58.1 Å². The molecule has 0 fully saturated rings. The van der Waals surface area contributed by atoms with Gasteiger partial charge in [0.2, 0.25) is 0 Å². The largest absolute Gasteiger partial charge is 0.192 e. The van der Waals surface area contributed by atoms with Crippen molar-refractivity contribution in [2.24, 2.45) is 0 Å². The van der Waals surface area contributed by atoms with Crippen LogP contribution in [0, 0.1) is 11.3 Å². The summed E-state index contributed by atoms with van der Waals surface area (Å²) in [5.74, 6) is 0. The molecule has 0 aromatic heterocycles. The molecule has 0 saturated heterocycles. The van der Waals surface area contributed by atoms with Crippen LogP contribution in [0.4, 0.5) is 0 Å². The summed E-state index contributed by atoms with van der Waals surface area (Å²) in [4.78, 5) is 0. The molecule has 1 nitrogen and oxygen atoms in total. The molecule has 2 aromatic carbocycles. The lowest BCUT2D eigenvalue weighted by Crippen LogP contribution is -1.81. The fourth-order valence-corrected chi connectivity index (χ4v) is 1.86. The number of rotatable bonds is 1. The van der Waals surface area contributed by atoms with Crippen molar-refractivity contribution in [3.8, 4) is 17.2 Å². The molecule has 2 rings (SSSR count). The third-order valence-corrected chi connectivity index (χ3v) is 3.10. The monoisotopic (exact) mass is 247 g/mol. The van der Waals surface area contributed by atoms with Gasteiger partial charge in [-0.1, -0.05) is 47.5 Å². The predicted octanol–water partition coefficient (Wildman–Crippen LogP) is 4.53. The zero-order valence-corrected chi connectivity index (χ0v) is 9.76. The highest BCUT2D eigenvalue weighted by Gasteiger charge is 2.06. The molecule has 0 spiro atoms. The Balaban J connectivity index is 2.51. The summed E-state index contributed by atoms with van der Waals surface area (Å²) in [6.45, 7) is 0. The predicted molar refractivity (Wildman–Crippen MR) is 66.6 cm³/mol. The van der Waals surface area contributed by atoms with Crippen molar-refractivity contribution in [2.45, 2.75) is 0 Å². The van der Waals surface area contributed by atoms with Crippen molar-refractivity contribution < 1.29 is 0 Å². The van der Waals surface area contributed by atoms with Gasteiger partial charge in [-0.25, -0.2) is 0 Å².